The van der Waals surface area contributed by atoms with Crippen LogP contribution < -0.4 is 5.32 Å². The molecule has 2 aliphatic rings. The first-order valence-corrected chi connectivity index (χ1v) is 11.7. The molecule has 2 unspecified atom stereocenters. The second-order valence-electron chi connectivity index (χ2n) is 9.06. The van der Waals surface area contributed by atoms with E-state index in [1.165, 1.54) is 11.1 Å². The Kier molecular flexibility index (Phi) is 7.10. The largest absolute Gasteiger partial charge is 0.326 e. The molecule has 3 amide bonds. The molecule has 0 aromatic heterocycles. The summed E-state index contributed by atoms with van der Waals surface area (Å²) in [6.45, 7) is 6.53. The molecule has 2 atom stereocenters. The highest BCUT2D eigenvalue weighted by Crippen LogP contribution is 2.32. The third-order valence-corrected chi connectivity index (χ3v) is 6.77. The summed E-state index contributed by atoms with van der Waals surface area (Å²) in [4.78, 5) is 32.6. The molecular weight excluding hydrogens is 400 g/mol. The van der Waals surface area contributed by atoms with Gasteiger partial charge < -0.3 is 20.0 Å². The Balaban J connectivity index is 1.52. The van der Waals surface area contributed by atoms with Crippen LogP contribution in [0.1, 0.15) is 30.4 Å². The van der Waals surface area contributed by atoms with Crippen LogP contribution in [0.4, 0.5) is 10.5 Å². The molecule has 6 heteroatoms. The molecule has 2 aliphatic heterocycles. The summed E-state index contributed by atoms with van der Waals surface area (Å²) < 4.78 is 0. The quantitative estimate of drug-likeness (QED) is 0.799. The monoisotopic (exact) mass is 434 g/mol. The van der Waals surface area contributed by atoms with Gasteiger partial charge in [0.1, 0.15) is 0 Å². The number of rotatable bonds is 4. The number of nitrogens with one attached hydrogen (secondary N) is 1. The van der Waals surface area contributed by atoms with Gasteiger partial charge in [0, 0.05) is 50.9 Å². The van der Waals surface area contributed by atoms with Crippen LogP contribution in [0.25, 0.3) is 0 Å². The average Bonchev–Trinajstić information content (AvgIpc) is 2.84. The van der Waals surface area contributed by atoms with E-state index in [0.29, 0.717) is 13.1 Å². The minimum absolute atomic E-state index is 0.0118. The van der Waals surface area contributed by atoms with Gasteiger partial charge in [-0.3, -0.25) is 4.79 Å². The predicted molar refractivity (Wildman–Crippen MR) is 128 cm³/mol. The SMILES string of the molecule is CCc1ccc(C2CC(C(=O)Nc3ccccc3)CN(C(=O)N3CCN(C)CC3)C2)cc1. The third-order valence-electron chi connectivity index (χ3n) is 6.77. The Hall–Kier alpha value is -2.86. The minimum Gasteiger partial charge on any atom is -0.326 e. The lowest BCUT2D eigenvalue weighted by atomic mass is 9.83. The van der Waals surface area contributed by atoms with Crippen molar-refractivity contribution >= 4 is 17.6 Å². The zero-order valence-electron chi connectivity index (χ0n) is 19.2. The maximum absolute atomic E-state index is 13.4. The standard InChI is InChI=1S/C26H34N4O2/c1-3-20-9-11-21(12-10-20)22-17-23(25(31)27-24-7-5-4-6-8-24)19-30(18-22)26(32)29-15-13-28(2)14-16-29/h4-12,22-23H,3,13-19H2,1-2H3,(H,27,31). The van der Waals surface area contributed by atoms with Gasteiger partial charge >= 0.3 is 6.03 Å². The van der Waals surface area contributed by atoms with Gasteiger partial charge in [-0.1, -0.05) is 49.4 Å². The molecule has 2 heterocycles. The number of amides is 3. The van der Waals surface area contributed by atoms with E-state index < -0.39 is 0 Å². The number of para-hydroxylation sites is 1. The highest BCUT2D eigenvalue weighted by atomic mass is 16.2. The Bertz CT molecular complexity index is 907. The molecular formula is C26H34N4O2. The average molecular weight is 435 g/mol. The van der Waals surface area contributed by atoms with E-state index in [1.807, 2.05) is 40.1 Å². The molecule has 0 radical (unpaired) electrons. The van der Waals surface area contributed by atoms with E-state index in [-0.39, 0.29) is 23.8 Å². The summed E-state index contributed by atoms with van der Waals surface area (Å²) in [7, 11) is 2.09. The predicted octanol–water partition coefficient (Wildman–Crippen LogP) is 3.66. The number of piperazine rings is 1. The van der Waals surface area contributed by atoms with Crippen LogP contribution in [-0.2, 0) is 11.2 Å². The molecule has 0 spiro atoms. The summed E-state index contributed by atoms with van der Waals surface area (Å²) in [5.41, 5.74) is 3.30. The molecule has 32 heavy (non-hydrogen) atoms. The van der Waals surface area contributed by atoms with Crippen LogP contribution in [0.5, 0.6) is 0 Å². The van der Waals surface area contributed by atoms with Crippen LogP contribution in [0.15, 0.2) is 54.6 Å². The van der Waals surface area contributed by atoms with Crippen molar-refractivity contribution in [2.75, 3.05) is 51.6 Å². The number of urea groups is 1. The molecule has 0 aliphatic carbocycles. The fraction of sp³-hybridized carbons (Fsp3) is 0.462. The fourth-order valence-electron chi connectivity index (χ4n) is 4.68. The number of hydrogen-bond donors (Lipinski definition) is 1. The second kappa shape index (κ2) is 10.2. The number of benzene rings is 2. The smallest absolute Gasteiger partial charge is 0.320 e. The van der Waals surface area contributed by atoms with Gasteiger partial charge in [-0.15, -0.1) is 0 Å². The van der Waals surface area contributed by atoms with Gasteiger partial charge in [-0.05, 0) is 43.1 Å². The van der Waals surface area contributed by atoms with E-state index in [2.05, 4.69) is 48.5 Å². The topological polar surface area (TPSA) is 55.9 Å². The Morgan fingerprint density at radius 3 is 2.25 bits per heavy atom. The molecule has 2 aromatic carbocycles. The number of likely N-dealkylation sites (N-methyl/N-ethyl adjacent to an activating group) is 1. The maximum atomic E-state index is 13.4. The van der Waals surface area contributed by atoms with Gasteiger partial charge in [0.05, 0.1) is 5.92 Å². The normalized spacial score (nSPS) is 21.9. The first-order valence-electron chi connectivity index (χ1n) is 11.7. The summed E-state index contributed by atoms with van der Waals surface area (Å²) >= 11 is 0. The lowest BCUT2D eigenvalue weighted by Gasteiger charge is -2.41. The minimum atomic E-state index is -0.240. The van der Waals surface area contributed by atoms with Crippen LogP contribution >= 0.6 is 0 Å². The zero-order valence-corrected chi connectivity index (χ0v) is 19.2. The summed E-state index contributed by atoms with van der Waals surface area (Å²) in [6, 6.07) is 18.3. The van der Waals surface area contributed by atoms with E-state index in [4.69, 9.17) is 0 Å². The molecule has 170 valence electrons. The zero-order chi connectivity index (χ0) is 22.5. The molecule has 2 fully saturated rings. The number of nitrogens with zero attached hydrogens (tertiary/aromatic N) is 3. The van der Waals surface area contributed by atoms with Crippen molar-refractivity contribution in [1.82, 2.24) is 14.7 Å². The fourth-order valence-corrected chi connectivity index (χ4v) is 4.68. The second-order valence-corrected chi connectivity index (χ2v) is 9.06. The van der Waals surface area contributed by atoms with Gasteiger partial charge in [0.2, 0.25) is 5.91 Å². The third kappa shape index (κ3) is 5.30. The molecule has 6 nitrogen and oxygen atoms in total. The molecule has 0 saturated carbocycles. The number of anilines is 1. The van der Waals surface area contributed by atoms with Gasteiger partial charge in [-0.25, -0.2) is 4.79 Å². The van der Waals surface area contributed by atoms with E-state index in [1.54, 1.807) is 0 Å². The van der Waals surface area contributed by atoms with Crippen molar-refractivity contribution in [3.05, 3.63) is 65.7 Å². The van der Waals surface area contributed by atoms with E-state index in [0.717, 1.165) is 44.7 Å². The van der Waals surface area contributed by atoms with Crippen molar-refractivity contribution in [3.8, 4) is 0 Å². The van der Waals surface area contributed by atoms with Gasteiger partial charge in [-0.2, -0.15) is 0 Å². The van der Waals surface area contributed by atoms with Crippen molar-refractivity contribution in [3.63, 3.8) is 0 Å². The van der Waals surface area contributed by atoms with Crippen LogP contribution in [-0.4, -0.2) is 73.0 Å². The number of carbonyl (C=O) groups is 2. The molecule has 2 aromatic rings. The lowest BCUT2D eigenvalue weighted by Crippen LogP contribution is -2.55. The number of piperidine rings is 1. The van der Waals surface area contributed by atoms with Crippen molar-refractivity contribution in [1.29, 1.82) is 0 Å². The van der Waals surface area contributed by atoms with Crippen LogP contribution in [0, 0.1) is 5.92 Å². The van der Waals surface area contributed by atoms with Crippen LogP contribution in [0.3, 0.4) is 0 Å². The molecule has 4 rings (SSSR count). The van der Waals surface area contributed by atoms with Gasteiger partial charge in [0.25, 0.3) is 0 Å². The van der Waals surface area contributed by atoms with Crippen molar-refractivity contribution in [2.45, 2.75) is 25.7 Å². The highest BCUT2D eigenvalue weighted by molar-refractivity contribution is 5.93. The molecule has 0 bridgehead atoms. The summed E-state index contributed by atoms with van der Waals surface area (Å²) in [5, 5.41) is 3.05. The van der Waals surface area contributed by atoms with E-state index in [9.17, 15) is 9.59 Å². The molecule has 2 saturated heterocycles. The van der Waals surface area contributed by atoms with Crippen molar-refractivity contribution in [2.24, 2.45) is 5.92 Å². The summed E-state index contributed by atoms with van der Waals surface area (Å²) in [6.07, 6.45) is 1.75. The molecule has 1 N–H and O–H groups in total. The number of carbonyl (C=O) groups excluding carboxylic acids is 2. The summed E-state index contributed by atoms with van der Waals surface area (Å²) in [5.74, 6) is -0.101. The lowest BCUT2D eigenvalue weighted by molar-refractivity contribution is -0.121. The number of hydrogen-bond acceptors (Lipinski definition) is 3. The Morgan fingerprint density at radius 2 is 1.59 bits per heavy atom. The van der Waals surface area contributed by atoms with E-state index >= 15 is 0 Å². The maximum Gasteiger partial charge on any atom is 0.320 e. The first kappa shape index (κ1) is 22.3. The Morgan fingerprint density at radius 1 is 0.906 bits per heavy atom. The number of likely N-dealkylation sites (tertiary alicyclic amines) is 1. The van der Waals surface area contributed by atoms with Crippen LogP contribution in [0.2, 0.25) is 0 Å². The highest BCUT2D eigenvalue weighted by Gasteiger charge is 2.36. The van der Waals surface area contributed by atoms with Crippen molar-refractivity contribution < 1.29 is 9.59 Å². The number of aryl methyl sites for hydroxylation is 1. The Labute approximate surface area is 191 Å². The van der Waals surface area contributed by atoms with Gasteiger partial charge in [0.15, 0.2) is 0 Å². The first-order chi connectivity index (χ1) is 15.5.